The van der Waals surface area contributed by atoms with E-state index in [1.54, 1.807) is 16.1 Å². The fourth-order valence-electron chi connectivity index (χ4n) is 2.64. The molecule has 3 heterocycles. The Morgan fingerprint density at radius 2 is 1.78 bits per heavy atom. The van der Waals surface area contributed by atoms with Crippen LogP contribution in [0, 0.1) is 13.8 Å². The lowest BCUT2D eigenvalue weighted by molar-refractivity contribution is 0.665. The van der Waals surface area contributed by atoms with Crippen molar-refractivity contribution in [1.29, 1.82) is 0 Å². The van der Waals surface area contributed by atoms with Gasteiger partial charge in [0.2, 0.25) is 0 Å². The molecule has 0 aliphatic carbocycles. The molecular formula is C17H15N5S. The quantitative estimate of drug-likeness (QED) is 0.564. The minimum Gasteiger partial charge on any atom is -0.252 e. The first-order chi connectivity index (χ1) is 11.1. The van der Waals surface area contributed by atoms with Gasteiger partial charge in [0.25, 0.3) is 0 Å². The van der Waals surface area contributed by atoms with E-state index in [0.717, 1.165) is 43.6 Å². The summed E-state index contributed by atoms with van der Waals surface area (Å²) < 4.78 is 0. The average molecular weight is 321 g/mol. The van der Waals surface area contributed by atoms with Crippen LogP contribution in [0.1, 0.15) is 10.7 Å². The molecule has 114 valence electrons. The molecule has 0 saturated heterocycles. The smallest absolute Gasteiger partial charge is 0.113 e. The molecule has 0 unspecified atom stereocenters. The van der Waals surface area contributed by atoms with Crippen molar-refractivity contribution in [3.05, 3.63) is 47.1 Å². The number of fused-ring (bicyclic) bond motifs is 1. The number of pyridine rings is 1. The van der Waals surface area contributed by atoms with Crippen LogP contribution in [0.15, 0.2) is 36.4 Å². The molecule has 6 heteroatoms. The fourth-order valence-corrected chi connectivity index (χ4v) is 3.55. The minimum atomic E-state index is 0.874. The van der Waals surface area contributed by atoms with Gasteiger partial charge in [0.15, 0.2) is 0 Å². The maximum atomic E-state index is 4.72. The van der Waals surface area contributed by atoms with Crippen molar-refractivity contribution in [2.24, 2.45) is 7.05 Å². The predicted molar refractivity (Wildman–Crippen MR) is 92.3 cm³/mol. The lowest BCUT2D eigenvalue weighted by atomic mass is 10.1. The van der Waals surface area contributed by atoms with Crippen LogP contribution >= 0.6 is 11.3 Å². The summed E-state index contributed by atoms with van der Waals surface area (Å²) in [5, 5.41) is 9.73. The number of aryl methyl sites for hydroxylation is 3. The van der Waals surface area contributed by atoms with Gasteiger partial charge in [-0.3, -0.25) is 4.98 Å². The maximum Gasteiger partial charge on any atom is 0.113 e. The number of rotatable bonds is 2. The summed E-state index contributed by atoms with van der Waals surface area (Å²) >= 11 is 1.67. The average Bonchev–Trinajstić information content (AvgIpc) is 3.08. The van der Waals surface area contributed by atoms with Crippen LogP contribution in [0.5, 0.6) is 0 Å². The molecule has 3 aromatic heterocycles. The summed E-state index contributed by atoms with van der Waals surface area (Å²) in [5.41, 5.74) is 5.73. The summed E-state index contributed by atoms with van der Waals surface area (Å²) in [6.07, 6.45) is 0. The zero-order valence-electron chi connectivity index (χ0n) is 13.1. The predicted octanol–water partition coefficient (Wildman–Crippen LogP) is 3.77. The molecule has 0 bridgehead atoms. The van der Waals surface area contributed by atoms with E-state index in [2.05, 4.69) is 15.2 Å². The first kappa shape index (κ1) is 14.0. The second kappa shape index (κ2) is 5.24. The van der Waals surface area contributed by atoms with Crippen molar-refractivity contribution >= 4 is 22.4 Å². The molecule has 1 aromatic carbocycles. The molecule has 0 spiro atoms. The normalized spacial score (nSPS) is 11.3. The van der Waals surface area contributed by atoms with Gasteiger partial charge in [-0.2, -0.15) is 15.0 Å². The fraction of sp³-hybridized carbons (Fsp3) is 0.176. The molecule has 0 radical (unpaired) electrons. The van der Waals surface area contributed by atoms with Crippen molar-refractivity contribution in [3.63, 3.8) is 0 Å². The van der Waals surface area contributed by atoms with E-state index in [9.17, 15) is 0 Å². The molecule has 0 aliphatic rings. The monoisotopic (exact) mass is 321 g/mol. The van der Waals surface area contributed by atoms with Crippen molar-refractivity contribution in [3.8, 4) is 21.8 Å². The number of nitrogens with zero attached hydrogens (tertiary/aromatic N) is 5. The number of hydrogen-bond donors (Lipinski definition) is 0. The highest BCUT2D eigenvalue weighted by atomic mass is 32.1. The summed E-state index contributed by atoms with van der Waals surface area (Å²) in [4.78, 5) is 12.1. The van der Waals surface area contributed by atoms with Crippen molar-refractivity contribution in [1.82, 2.24) is 25.0 Å². The van der Waals surface area contributed by atoms with Gasteiger partial charge < -0.3 is 0 Å². The minimum absolute atomic E-state index is 0.874. The Labute approximate surface area is 137 Å². The third-order valence-electron chi connectivity index (χ3n) is 3.61. The van der Waals surface area contributed by atoms with Gasteiger partial charge in [-0.25, -0.2) is 4.98 Å². The Morgan fingerprint density at radius 1 is 0.957 bits per heavy atom. The molecule has 0 amide bonds. The largest absolute Gasteiger partial charge is 0.252 e. The van der Waals surface area contributed by atoms with E-state index in [0.29, 0.717) is 0 Å². The lowest BCUT2D eigenvalue weighted by Gasteiger charge is -2.03. The number of thiazole rings is 1. The summed E-state index contributed by atoms with van der Waals surface area (Å²) in [6.45, 7) is 4.02. The summed E-state index contributed by atoms with van der Waals surface area (Å²) in [5.74, 6) is 0. The zero-order valence-corrected chi connectivity index (χ0v) is 13.9. The van der Waals surface area contributed by atoms with Crippen molar-refractivity contribution < 1.29 is 0 Å². The Kier molecular flexibility index (Phi) is 3.20. The molecule has 0 fully saturated rings. The highest BCUT2D eigenvalue weighted by Gasteiger charge is 2.15. The lowest BCUT2D eigenvalue weighted by Crippen LogP contribution is -1.90. The summed E-state index contributed by atoms with van der Waals surface area (Å²) in [6, 6.07) is 12.1. The number of aromatic nitrogens is 5. The van der Waals surface area contributed by atoms with E-state index >= 15 is 0 Å². The second-order valence-corrected chi connectivity index (χ2v) is 6.67. The van der Waals surface area contributed by atoms with E-state index in [1.165, 1.54) is 0 Å². The number of hydrogen-bond acceptors (Lipinski definition) is 5. The van der Waals surface area contributed by atoms with E-state index < -0.39 is 0 Å². The van der Waals surface area contributed by atoms with Crippen LogP contribution in [-0.4, -0.2) is 25.0 Å². The van der Waals surface area contributed by atoms with Gasteiger partial charge in [0.05, 0.1) is 21.3 Å². The maximum absolute atomic E-state index is 4.72. The van der Waals surface area contributed by atoms with Crippen LogP contribution in [0.2, 0.25) is 0 Å². The Balaban J connectivity index is 1.90. The van der Waals surface area contributed by atoms with Gasteiger partial charge in [0, 0.05) is 18.3 Å². The molecule has 0 N–H and O–H groups in total. The highest BCUT2D eigenvalue weighted by Crippen LogP contribution is 2.36. The molecule has 23 heavy (non-hydrogen) atoms. The zero-order chi connectivity index (χ0) is 16.0. The molecular weight excluding hydrogens is 306 g/mol. The molecule has 0 aliphatic heterocycles. The van der Waals surface area contributed by atoms with Crippen molar-refractivity contribution in [2.45, 2.75) is 13.8 Å². The Hall–Kier alpha value is -2.60. The van der Waals surface area contributed by atoms with Gasteiger partial charge in [0.1, 0.15) is 11.0 Å². The molecule has 0 saturated carbocycles. The first-order valence-corrected chi connectivity index (χ1v) is 8.15. The van der Waals surface area contributed by atoms with Crippen molar-refractivity contribution in [2.75, 3.05) is 0 Å². The van der Waals surface area contributed by atoms with Gasteiger partial charge in [-0.05, 0) is 38.1 Å². The molecule has 5 nitrogen and oxygen atoms in total. The number of benzene rings is 1. The third-order valence-corrected chi connectivity index (χ3v) is 4.60. The Morgan fingerprint density at radius 3 is 2.61 bits per heavy atom. The van der Waals surface area contributed by atoms with Crippen LogP contribution in [0.4, 0.5) is 0 Å². The van der Waals surface area contributed by atoms with E-state index in [4.69, 9.17) is 4.98 Å². The van der Waals surface area contributed by atoms with Crippen LogP contribution in [0.25, 0.3) is 32.9 Å². The Bertz CT molecular complexity index is 1010. The van der Waals surface area contributed by atoms with Gasteiger partial charge in [-0.15, -0.1) is 11.3 Å². The van der Waals surface area contributed by atoms with E-state index in [-0.39, 0.29) is 0 Å². The summed E-state index contributed by atoms with van der Waals surface area (Å²) in [7, 11) is 1.83. The highest BCUT2D eigenvalue weighted by molar-refractivity contribution is 7.15. The van der Waals surface area contributed by atoms with Crippen LogP contribution in [-0.2, 0) is 7.05 Å². The topological polar surface area (TPSA) is 56.5 Å². The molecule has 4 aromatic rings. The van der Waals surface area contributed by atoms with Gasteiger partial charge in [-0.1, -0.05) is 12.1 Å². The van der Waals surface area contributed by atoms with Crippen LogP contribution in [0.3, 0.4) is 0 Å². The third kappa shape index (κ3) is 2.51. The second-order valence-electron chi connectivity index (χ2n) is 5.47. The molecule has 4 rings (SSSR count). The van der Waals surface area contributed by atoms with Gasteiger partial charge >= 0.3 is 0 Å². The van der Waals surface area contributed by atoms with E-state index in [1.807, 2.05) is 57.3 Å². The van der Waals surface area contributed by atoms with Crippen LogP contribution < -0.4 is 0 Å². The standard InChI is InChI=1S/C17H15N5S/c1-10-5-4-6-14(18-10)17-16(19-11(2)23-17)12-7-8-13-15(9-12)21-22(3)20-13/h4-9H,1-3H3. The molecule has 0 atom stereocenters. The first-order valence-electron chi connectivity index (χ1n) is 7.33. The SMILES string of the molecule is Cc1cccc(-c2sc(C)nc2-c2ccc3nn(C)nc3c2)n1.